The van der Waals surface area contributed by atoms with Gasteiger partial charge in [-0.1, -0.05) is 25.7 Å². The fraction of sp³-hybridized carbons (Fsp3) is 0.941. The number of aliphatic imine (C=N–C) groups is 1. The summed E-state index contributed by atoms with van der Waals surface area (Å²) in [6, 6.07) is 0. The first-order chi connectivity index (χ1) is 12.1. The Labute approximate surface area is 152 Å². The third-order valence-electron chi connectivity index (χ3n) is 4.88. The molecule has 0 unspecified atom stereocenters. The van der Waals surface area contributed by atoms with Gasteiger partial charge in [-0.15, -0.1) is 0 Å². The van der Waals surface area contributed by atoms with E-state index < -0.39 is 10.0 Å². The third-order valence-corrected chi connectivity index (χ3v) is 6.75. The van der Waals surface area contributed by atoms with E-state index in [0.717, 1.165) is 25.4 Å². The fourth-order valence-electron chi connectivity index (χ4n) is 3.46. The molecule has 7 nitrogen and oxygen atoms in total. The van der Waals surface area contributed by atoms with Crippen LogP contribution in [0.1, 0.15) is 45.4 Å². The Kier molecular flexibility index (Phi) is 8.98. The maximum Gasteiger partial charge on any atom is 0.215 e. The molecule has 0 spiro atoms. The van der Waals surface area contributed by atoms with Crippen molar-refractivity contribution in [2.24, 2.45) is 10.9 Å². The van der Waals surface area contributed by atoms with Gasteiger partial charge in [-0.3, -0.25) is 4.99 Å². The van der Waals surface area contributed by atoms with Crippen molar-refractivity contribution < 1.29 is 13.2 Å². The standard InChI is InChI=1S/C17H34N4O3S/c1-2-18-17(19-9-5-8-16-6-3-4-7-16)20-10-15-25(22,23)21-11-13-24-14-12-21/h16H,2-15H2,1H3,(H2,18,19,20). The number of guanidine groups is 1. The van der Waals surface area contributed by atoms with Gasteiger partial charge in [0.1, 0.15) is 0 Å². The summed E-state index contributed by atoms with van der Waals surface area (Å²) in [6.45, 7) is 5.83. The van der Waals surface area contributed by atoms with Crippen molar-refractivity contribution in [3.8, 4) is 0 Å². The Bertz CT molecular complexity index is 498. The topological polar surface area (TPSA) is 83.0 Å². The summed E-state index contributed by atoms with van der Waals surface area (Å²) < 4.78 is 31.3. The van der Waals surface area contributed by atoms with Crippen LogP contribution in [0.2, 0.25) is 0 Å². The van der Waals surface area contributed by atoms with Gasteiger partial charge in [-0.25, -0.2) is 8.42 Å². The highest BCUT2D eigenvalue weighted by molar-refractivity contribution is 7.89. The molecule has 0 aromatic carbocycles. The minimum absolute atomic E-state index is 0.0828. The van der Waals surface area contributed by atoms with Crippen molar-refractivity contribution in [3.63, 3.8) is 0 Å². The van der Waals surface area contributed by atoms with Crippen molar-refractivity contribution in [2.45, 2.75) is 45.4 Å². The summed E-state index contributed by atoms with van der Waals surface area (Å²) in [5, 5.41) is 6.33. The minimum atomic E-state index is -3.22. The van der Waals surface area contributed by atoms with Crippen LogP contribution in [-0.4, -0.2) is 70.4 Å². The van der Waals surface area contributed by atoms with Crippen LogP contribution in [0, 0.1) is 5.92 Å². The second-order valence-corrected chi connectivity index (χ2v) is 8.90. The Morgan fingerprint density at radius 3 is 2.60 bits per heavy atom. The first-order valence-electron chi connectivity index (χ1n) is 9.69. The van der Waals surface area contributed by atoms with Gasteiger partial charge in [-0.2, -0.15) is 4.31 Å². The van der Waals surface area contributed by atoms with Crippen molar-refractivity contribution >= 4 is 16.0 Å². The molecule has 0 radical (unpaired) electrons. The molecule has 1 aliphatic heterocycles. The first kappa shape index (κ1) is 20.5. The Morgan fingerprint density at radius 1 is 1.20 bits per heavy atom. The zero-order valence-corrected chi connectivity index (χ0v) is 16.3. The highest BCUT2D eigenvalue weighted by Crippen LogP contribution is 2.28. The van der Waals surface area contributed by atoms with Crippen LogP contribution in [0.3, 0.4) is 0 Å². The molecule has 1 aliphatic carbocycles. The molecule has 0 atom stereocenters. The Balaban J connectivity index is 1.69. The number of morpholine rings is 1. The monoisotopic (exact) mass is 374 g/mol. The summed E-state index contributed by atoms with van der Waals surface area (Å²) in [5.74, 6) is 1.69. The molecule has 1 saturated carbocycles. The second kappa shape index (κ2) is 11.0. The molecule has 8 heteroatoms. The molecule has 0 aromatic rings. The predicted octanol–water partition coefficient (Wildman–Crippen LogP) is 1.17. The SMILES string of the molecule is CCNC(=NCCCC1CCCC1)NCCS(=O)(=O)N1CCOCC1. The number of hydrogen-bond acceptors (Lipinski definition) is 4. The van der Waals surface area contributed by atoms with Crippen molar-refractivity contribution in [2.75, 3.05) is 51.7 Å². The largest absolute Gasteiger partial charge is 0.379 e. The van der Waals surface area contributed by atoms with E-state index in [4.69, 9.17) is 4.74 Å². The first-order valence-corrected chi connectivity index (χ1v) is 11.3. The molecule has 0 amide bonds. The molecule has 1 saturated heterocycles. The highest BCUT2D eigenvalue weighted by atomic mass is 32.2. The highest BCUT2D eigenvalue weighted by Gasteiger charge is 2.23. The lowest BCUT2D eigenvalue weighted by atomic mass is 10.0. The van der Waals surface area contributed by atoms with E-state index in [2.05, 4.69) is 15.6 Å². The zero-order chi connectivity index (χ0) is 18.0. The van der Waals surface area contributed by atoms with Gasteiger partial charge in [-0.05, 0) is 25.7 Å². The molecule has 2 fully saturated rings. The summed E-state index contributed by atoms with van der Waals surface area (Å²) in [7, 11) is -3.22. The normalized spacial score (nSPS) is 20.8. The predicted molar refractivity (Wildman–Crippen MR) is 101 cm³/mol. The van der Waals surface area contributed by atoms with Gasteiger partial charge in [0.15, 0.2) is 5.96 Å². The van der Waals surface area contributed by atoms with Crippen LogP contribution in [0.25, 0.3) is 0 Å². The summed E-state index contributed by atoms with van der Waals surface area (Å²) in [4.78, 5) is 4.57. The average Bonchev–Trinajstić information content (AvgIpc) is 3.13. The quantitative estimate of drug-likeness (QED) is 0.360. The molecule has 2 rings (SSSR count). The molecule has 2 aliphatic rings. The van der Waals surface area contributed by atoms with E-state index in [9.17, 15) is 8.42 Å². The lowest BCUT2D eigenvalue weighted by Gasteiger charge is -2.26. The van der Waals surface area contributed by atoms with Crippen molar-refractivity contribution in [1.29, 1.82) is 0 Å². The van der Waals surface area contributed by atoms with Gasteiger partial charge in [0.05, 0.1) is 19.0 Å². The Hall–Kier alpha value is -0.860. The van der Waals surface area contributed by atoms with Gasteiger partial charge in [0, 0.05) is 32.7 Å². The van der Waals surface area contributed by atoms with E-state index in [1.807, 2.05) is 6.92 Å². The molecule has 25 heavy (non-hydrogen) atoms. The van der Waals surface area contributed by atoms with E-state index >= 15 is 0 Å². The van der Waals surface area contributed by atoms with Crippen LogP contribution < -0.4 is 10.6 Å². The van der Waals surface area contributed by atoms with E-state index in [1.165, 1.54) is 36.4 Å². The maximum atomic E-state index is 12.3. The summed E-state index contributed by atoms with van der Waals surface area (Å²) in [6.07, 6.45) is 7.88. The van der Waals surface area contributed by atoms with Crippen LogP contribution in [0.4, 0.5) is 0 Å². The fourth-order valence-corrected chi connectivity index (χ4v) is 4.79. The van der Waals surface area contributed by atoms with Gasteiger partial charge >= 0.3 is 0 Å². The van der Waals surface area contributed by atoms with Gasteiger partial charge in [0.2, 0.25) is 10.0 Å². The molecule has 0 bridgehead atoms. The molecule has 0 aromatic heterocycles. The number of sulfonamides is 1. The number of ether oxygens (including phenoxy) is 1. The zero-order valence-electron chi connectivity index (χ0n) is 15.5. The number of nitrogens with one attached hydrogen (secondary N) is 2. The van der Waals surface area contributed by atoms with Crippen LogP contribution in [0.15, 0.2) is 4.99 Å². The van der Waals surface area contributed by atoms with E-state index in [1.54, 1.807) is 0 Å². The molecule has 146 valence electrons. The van der Waals surface area contributed by atoms with E-state index in [0.29, 0.717) is 38.8 Å². The van der Waals surface area contributed by atoms with E-state index in [-0.39, 0.29) is 5.75 Å². The molecule has 2 N–H and O–H groups in total. The van der Waals surface area contributed by atoms with Crippen LogP contribution in [-0.2, 0) is 14.8 Å². The van der Waals surface area contributed by atoms with Crippen molar-refractivity contribution in [1.82, 2.24) is 14.9 Å². The Morgan fingerprint density at radius 2 is 1.92 bits per heavy atom. The lowest BCUT2D eigenvalue weighted by molar-refractivity contribution is 0.0730. The number of rotatable bonds is 9. The maximum absolute atomic E-state index is 12.3. The smallest absolute Gasteiger partial charge is 0.215 e. The molecule has 1 heterocycles. The number of hydrogen-bond donors (Lipinski definition) is 2. The van der Waals surface area contributed by atoms with Crippen LogP contribution in [0.5, 0.6) is 0 Å². The summed E-state index contributed by atoms with van der Waals surface area (Å²) >= 11 is 0. The number of nitrogens with zero attached hydrogens (tertiary/aromatic N) is 2. The second-order valence-electron chi connectivity index (χ2n) is 6.81. The van der Waals surface area contributed by atoms with Gasteiger partial charge in [0.25, 0.3) is 0 Å². The lowest BCUT2D eigenvalue weighted by Crippen LogP contribution is -2.45. The van der Waals surface area contributed by atoms with Crippen molar-refractivity contribution in [3.05, 3.63) is 0 Å². The van der Waals surface area contributed by atoms with Crippen LogP contribution >= 0.6 is 0 Å². The van der Waals surface area contributed by atoms with Gasteiger partial charge < -0.3 is 15.4 Å². The summed E-state index contributed by atoms with van der Waals surface area (Å²) in [5.41, 5.74) is 0. The molecular formula is C17H34N4O3S. The average molecular weight is 375 g/mol. The third kappa shape index (κ3) is 7.50. The minimum Gasteiger partial charge on any atom is -0.379 e. The molecular weight excluding hydrogens is 340 g/mol.